The molecule has 3 aliphatic heterocycles. The van der Waals surface area contributed by atoms with E-state index in [1.165, 1.54) is 4.90 Å². The molecule has 7 rings (SSSR count). The lowest BCUT2D eigenvalue weighted by molar-refractivity contribution is -0.150. The number of nitrogens with zero attached hydrogens (tertiary/aromatic N) is 4. The summed E-state index contributed by atoms with van der Waals surface area (Å²) >= 11 is 0. The Labute approximate surface area is 278 Å². The van der Waals surface area contributed by atoms with Crippen LogP contribution in [0.3, 0.4) is 0 Å². The van der Waals surface area contributed by atoms with Gasteiger partial charge in [0.15, 0.2) is 0 Å². The molecule has 1 spiro atoms. The predicted octanol–water partition coefficient (Wildman–Crippen LogP) is 3.30. The third kappa shape index (κ3) is 5.19. The molecule has 3 saturated heterocycles. The van der Waals surface area contributed by atoms with Crippen LogP contribution in [-0.4, -0.2) is 79.2 Å². The van der Waals surface area contributed by atoms with Crippen LogP contribution in [0.1, 0.15) is 38.7 Å². The van der Waals surface area contributed by atoms with Crippen molar-refractivity contribution in [1.29, 1.82) is 0 Å². The molecule has 2 unspecified atom stereocenters. The lowest BCUT2D eigenvalue weighted by atomic mass is 9.65. The number of carbonyl (C=O) groups is 3. The third-order valence-electron chi connectivity index (χ3n) is 10.3. The average molecular weight is 653 g/mol. The lowest BCUT2D eigenvalue weighted by Gasteiger charge is -2.37. The molecule has 12 heteroatoms. The highest BCUT2D eigenvalue weighted by Crippen LogP contribution is 2.64. The van der Waals surface area contributed by atoms with Gasteiger partial charge in [0.05, 0.1) is 42.2 Å². The highest BCUT2D eigenvalue weighted by Gasteiger charge is 2.79. The van der Waals surface area contributed by atoms with Crippen LogP contribution >= 0.6 is 0 Å². The standard InChI is InChI=1S/C36H40N6O6/c1-3-35-18-19-36(48-35)30(29(35)32(44)38-24-14-16-26(17-15-24)47-4-2)34(46)42(25(21-43)20-23-10-6-5-7-11-23)31(36)33(45)37-22-41-28-13-9-8-12-27(28)39-40-41/h5-17,25,29-31,43H,3-4,18-22H2,1-2H3,(H,37,45)(H,38,44)/t25-,29-,30+,31?,35+,36?/m1/s1. The molecule has 3 aliphatic rings. The maximum atomic E-state index is 14.8. The monoisotopic (exact) mass is 652 g/mol. The van der Waals surface area contributed by atoms with Crippen molar-refractivity contribution in [3.05, 3.63) is 84.4 Å². The van der Waals surface area contributed by atoms with E-state index in [-0.39, 0.29) is 25.1 Å². The smallest absolute Gasteiger partial charge is 0.247 e. The van der Waals surface area contributed by atoms with Crippen molar-refractivity contribution in [3.63, 3.8) is 0 Å². The summed E-state index contributed by atoms with van der Waals surface area (Å²) < 4.78 is 14.0. The van der Waals surface area contributed by atoms with Gasteiger partial charge in [-0.2, -0.15) is 0 Å². The van der Waals surface area contributed by atoms with Crippen LogP contribution in [0.15, 0.2) is 78.9 Å². The van der Waals surface area contributed by atoms with Crippen molar-refractivity contribution in [2.24, 2.45) is 11.8 Å². The van der Waals surface area contributed by atoms with Gasteiger partial charge >= 0.3 is 0 Å². The van der Waals surface area contributed by atoms with Crippen LogP contribution in [-0.2, 0) is 32.2 Å². The quantitative estimate of drug-likeness (QED) is 0.211. The van der Waals surface area contributed by atoms with Crippen LogP contribution < -0.4 is 15.4 Å². The van der Waals surface area contributed by atoms with E-state index in [2.05, 4.69) is 20.9 Å². The van der Waals surface area contributed by atoms with E-state index in [1.807, 2.05) is 68.4 Å². The summed E-state index contributed by atoms with van der Waals surface area (Å²) in [5, 5.41) is 25.1. The molecule has 3 amide bonds. The number of anilines is 1. The number of hydrogen-bond acceptors (Lipinski definition) is 8. The minimum absolute atomic E-state index is 0.0156. The van der Waals surface area contributed by atoms with Crippen molar-refractivity contribution < 1.29 is 29.0 Å². The van der Waals surface area contributed by atoms with Crippen molar-refractivity contribution >= 4 is 34.4 Å². The number of aromatic nitrogens is 3. The first-order valence-corrected chi connectivity index (χ1v) is 16.6. The van der Waals surface area contributed by atoms with Gasteiger partial charge in [0.1, 0.15) is 29.6 Å². The van der Waals surface area contributed by atoms with E-state index < -0.39 is 41.0 Å². The second-order valence-electron chi connectivity index (χ2n) is 12.8. The highest BCUT2D eigenvalue weighted by atomic mass is 16.5. The molecule has 0 radical (unpaired) electrons. The Morgan fingerprint density at radius 1 is 1.02 bits per heavy atom. The van der Waals surface area contributed by atoms with Gasteiger partial charge in [-0.3, -0.25) is 14.4 Å². The molecule has 3 fully saturated rings. The molecule has 3 aromatic carbocycles. The molecule has 250 valence electrons. The van der Waals surface area contributed by atoms with Crippen molar-refractivity contribution in [1.82, 2.24) is 25.2 Å². The Balaban J connectivity index is 1.23. The lowest BCUT2D eigenvalue weighted by Crippen LogP contribution is -2.58. The molecule has 4 heterocycles. The number of likely N-dealkylation sites (tertiary alicyclic amines) is 1. The minimum atomic E-state index is -1.26. The Morgan fingerprint density at radius 3 is 2.50 bits per heavy atom. The molecule has 3 N–H and O–H groups in total. The van der Waals surface area contributed by atoms with Gasteiger partial charge < -0.3 is 30.1 Å². The largest absolute Gasteiger partial charge is 0.494 e. The number of para-hydroxylation sites is 1. The summed E-state index contributed by atoms with van der Waals surface area (Å²) in [7, 11) is 0. The van der Waals surface area contributed by atoms with Crippen molar-refractivity contribution in [2.45, 2.75) is 69.5 Å². The van der Waals surface area contributed by atoms with Crippen LogP contribution in [0, 0.1) is 11.8 Å². The molecule has 2 bridgehead atoms. The molecule has 6 atom stereocenters. The number of benzene rings is 3. The first-order valence-electron chi connectivity index (χ1n) is 16.6. The topological polar surface area (TPSA) is 148 Å². The van der Waals surface area contributed by atoms with E-state index >= 15 is 0 Å². The fraction of sp³-hybridized carbons (Fsp3) is 0.417. The predicted molar refractivity (Wildman–Crippen MR) is 177 cm³/mol. The number of nitrogens with one attached hydrogen (secondary N) is 2. The van der Waals surface area contributed by atoms with E-state index in [0.717, 1.165) is 11.1 Å². The van der Waals surface area contributed by atoms with Gasteiger partial charge in [-0.15, -0.1) is 5.10 Å². The highest BCUT2D eigenvalue weighted by molar-refractivity contribution is 6.02. The van der Waals surface area contributed by atoms with E-state index in [1.54, 1.807) is 28.9 Å². The minimum Gasteiger partial charge on any atom is -0.494 e. The molecule has 48 heavy (non-hydrogen) atoms. The number of aliphatic hydroxyl groups excluding tert-OH is 1. The summed E-state index contributed by atoms with van der Waals surface area (Å²) in [6.45, 7) is 4.02. The second kappa shape index (κ2) is 12.7. The zero-order valence-electron chi connectivity index (χ0n) is 27.0. The third-order valence-corrected chi connectivity index (χ3v) is 10.3. The Hall–Kier alpha value is -4.81. The first kappa shape index (κ1) is 31.8. The number of hydrogen-bond donors (Lipinski definition) is 3. The number of rotatable bonds is 12. The number of ether oxygens (including phenoxy) is 2. The number of carbonyl (C=O) groups excluding carboxylic acids is 3. The molecular weight excluding hydrogens is 612 g/mol. The molecule has 0 aliphatic carbocycles. The summed E-state index contributed by atoms with van der Waals surface area (Å²) in [4.78, 5) is 44.9. The van der Waals surface area contributed by atoms with Crippen LogP contribution in [0.5, 0.6) is 5.75 Å². The van der Waals surface area contributed by atoms with Crippen LogP contribution in [0.2, 0.25) is 0 Å². The Morgan fingerprint density at radius 2 is 1.77 bits per heavy atom. The van der Waals surface area contributed by atoms with E-state index in [0.29, 0.717) is 49.2 Å². The first-order chi connectivity index (χ1) is 23.3. The van der Waals surface area contributed by atoms with Crippen LogP contribution in [0.25, 0.3) is 11.0 Å². The van der Waals surface area contributed by atoms with Gasteiger partial charge in [-0.05, 0) is 74.6 Å². The summed E-state index contributed by atoms with van der Waals surface area (Å²) in [6.07, 6.45) is 1.76. The molecule has 4 aromatic rings. The fourth-order valence-corrected chi connectivity index (χ4v) is 8.19. The summed E-state index contributed by atoms with van der Waals surface area (Å²) in [6, 6.07) is 22.3. The summed E-state index contributed by atoms with van der Waals surface area (Å²) in [5.74, 6) is -2.20. The van der Waals surface area contributed by atoms with Crippen molar-refractivity contribution in [2.75, 3.05) is 18.5 Å². The second-order valence-corrected chi connectivity index (χ2v) is 12.8. The number of aliphatic hydroxyl groups is 1. The maximum absolute atomic E-state index is 14.8. The van der Waals surface area contributed by atoms with E-state index in [4.69, 9.17) is 9.47 Å². The van der Waals surface area contributed by atoms with Crippen molar-refractivity contribution in [3.8, 4) is 5.75 Å². The maximum Gasteiger partial charge on any atom is 0.247 e. The Bertz CT molecular complexity index is 1810. The van der Waals surface area contributed by atoms with E-state index in [9.17, 15) is 19.5 Å². The SMILES string of the molecule is CCOc1ccc(NC(=O)[C@H]2[C@H]3C(=O)N([C@@H](CO)Cc4ccccc4)C(C(=O)NCn4nnc5ccccc54)C34CC[C@]2(CC)O4)cc1. The van der Waals surface area contributed by atoms with Gasteiger partial charge in [0, 0.05) is 5.69 Å². The summed E-state index contributed by atoms with van der Waals surface area (Å²) in [5.41, 5.74) is 0.742. The number of fused-ring (bicyclic) bond motifs is 2. The fourth-order valence-electron chi connectivity index (χ4n) is 8.19. The number of amides is 3. The van der Waals surface area contributed by atoms with Gasteiger partial charge in [0.2, 0.25) is 17.7 Å². The van der Waals surface area contributed by atoms with Gasteiger partial charge in [-0.1, -0.05) is 54.6 Å². The zero-order chi connectivity index (χ0) is 33.5. The zero-order valence-corrected chi connectivity index (χ0v) is 27.0. The van der Waals surface area contributed by atoms with Gasteiger partial charge in [0.25, 0.3) is 0 Å². The average Bonchev–Trinajstić information content (AvgIpc) is 3.84. The molecule has 1 aromatic heterocycles. The molecule has 0 saturated carbocycles. The molecular formula is C36H40N6O6. The Kier molecular flexibility index (Phi) is 8.38. The molecule has 12 nitrogen and oxygen atoms in total. The van der Waals surface area contributed by atoms with Gasteiger partial charge in [-0.25, -0.2) is 4.68 Å². The normalized spacial score (nSPS) is 26.4. The van der Waals surface area contributed by atoms with Crippen LogP contribution in [0.4, 0.5) is 5.69 Å².